The van der Waals surface area contributed by atoms with Gasteiger partial charge in [-0.2, -0.15) is 0 Å². The average molecular weight is 423 g/mol. The number of para-hydroxylation sites is 2. The highest BCUT2D eigenvalue weighted by molar-refractivity contribution is 7.80. The summed E-state index contributed by atoms with van der Waals surface area (Å²) in [6.45, 7) is 4.86. The number of hydrogen-bond donors (Lipinski definition) is 3. The summed E-state index contributed by atoms with van der Waals surface area (Å²) in [6.07, 6.45) is 2.42. The zero-order valence-electron chi connectivity index (χ0n) is 17.1. The monoisotopic (exact) mass is 422 g/mol. The number of phenols is 1. The van der Waals surface area contributed by atoms with Gasteiger partial charge in [0, 0.05) is 30.7 Å². The van der Waals surface area contributed by atoms with E-state index in [4.69, 9.17) is 12.2 Å². The second-order valence-electron chi connectivity index (χ2n) is 7.55. The van der Waals surface area contributed by atoms with Gasteiger partial charge in [0.05, 0.1) is 23.5 Å². The van der Waals surface area contributed by atoms with Crippen molar-refractivity contribution in [3.05, 3.63) is 77.4 Å². The molecule has 4 rings (SSSR count). The Morgan fingerprint density at radius 1 is 1.13 bits per heavy atom. The Labute approximate surface area is 181 Å². The second-order valence-corrected chi connectivity index (χ2v) is 7.93. The van der Waals surface area contributed by atoms with E-state index < -0.39 is 0 Å². The van der Waals surface area contributed by atoms with Crippen molar-refractivity contribution in [2.24, 2.45) is 0 Å². The number of aromatic nitrogens is 2. The van der Waals surface area contributed by atoms with Crippen molar-refractivity contribution >= 4 is 17.3 Å². The van der Waals surface area contributed by atoms with Crippen LogP contribution in [-0.4, -0.2) is 42.9 Å². The molecule has 3 N–H and O–H groups in total. The van der Waals surface area contributed by atoms with Crippen LogP contribution < -0.4 is 5.32 Å². The number of phenolic OH excluding ortho intramolecular Hbond substituents is 1. The van der Waals surface area contributed by atoms with E-state index in [0.717, 1.165) is 28.3 Å². The lowest BCUT2D eigenvalue weighted by atomic mass is 9.96. The van der Waals surface area contributed by atoms with Gasteiger partial charge in [0.1, 0.15) is 5.75 Å². The molecule has 30 heavy (non-hydrogen) atoms. The van der Waals surface area contributed by atoms with Gasteiger partial charge >= 0.3 is 0 Å². The molecule has 3 aromatic rings. The molecule has 0 saturated carbocycles. The van der Waals surface area contributed by atoms with E-state index in [1.807, 2.05) is 43.3 Å². The quantitative estimate of drug-likeness (QED) is 0.528. The molecular formula is C23H26N4O2S. The highest BCUT2D eigenvalue weighted by Crippen LogP contribution is 2.41. The molecule has 1 fully saturated rings. The largest absolute Gasteiger partial charge is 0.506 e. The predicted octanol–water partition coefficient (Wildman–Crippen LogP) is 3.55. The lowest BCUT2D eigenvalue weighted by molar-refractivity contribution is 0.247. The molecule has 1 aliphatic rings. The molecule has 1 saturated heterocycles. The smallest absolute Gasteiger partial charge is 0.170 e. The van der Waals surface area contributed by atoms with E-state index in [9.17, 15) is 10.2 Å². The molecule has 1 aliphatic heterocycles. The van der Waals surface area contributed by atoms with Crippen LogP contribution >= 0.6 is 12.2 Å². The Balaban J connectivity index is 1.83. The van der Waals surface area contributed by atoms with Crippen molar-refractivity contribution in [3.8, 4) is 11.4 Å². The third kappa shape index (κ3) is 3.55. The first-order chi connectivity index (χ1) is 14.5. The molecule has 7 heteroatoms. The molecule has 0 amide bonds. The Hall–Kier alpha value is -2.90. The summed E-state index contributed by atoms with van der Waals surface area (Å²) in [7, 11) is 0. The van der Waals surface area contributed by atoms with Gasteiger partial charge in [-0.3, -0.25) is 4.98 Å². The summed E-state index contributed by atoms with van der Waals surface area (Å²) >= 11 is 5.66. The molecule has 2 aromatic heterocycles. The third-order valence-electron chi connectivity index (χ3n) is 5.67. The van der Waals surface area contributed by atoms with Gasteiger partial charge in [-0.25, -0.2) is 0 Å². The van der Waals surface area contributed by atoms with Gasteiger partial charge in [0.15, 0.2) is 5.11 Å². The molecule has 2 atom stereocenters. The SMILES string of the molecule is Cc1cc(C2C(c3ccccn3)NC(=S)N2CCCO)c(C)n1-c1ccccc1O. The lowest BCUT2D eigenvalue weighted by Gasteiger charge is -2.28. The number of nitrogens with zero attached hydrogens (tertiary/aromatic N) is 3. The Kier molecular flexibility index (Phi) is 5.74. The van der Waals surface area contributed by atoms with Crippen LogP contribution in [0.3, 0.4) is 0 Å². The minimum absolute atomic E-state index is 0.0650. The summed E-state index contributed by atoms with van der Waals surface area (Å²) < 4.78 is 2.08. The zero-order valence-corrected chi connectivity index (χ0v) is 17.9. The van der Waals surface area contributed by atoms with Crippen molar-refractivity contribution in [1.29, 1.82) is 0 Å². The standard InChI is InChI=1S/C23H26N4O2S/c1-15-14-17(16(2)27(15)19-9-3-4-10-20(19)29)22-21(18-8-5-6-11-24-18)25-23(30)26(22)12-7-13-28/h3-6,8-11,14,21-22,28-29H,7,12-13H2,1-2H3,(H,25,30). The predicted molar refractivity (Wildman–Crippen MR) is 121 cm³/mol. The first-order valence-electron chi connectivity index (χ1n) is 10.1. The number of benzene rings is 1. The minimum atomic E-state index is -0.101. The highest BCUT2D eigenvalue weighted by Gasteiger charge is 2.41. The van der Waals surface area contributed by atoms with Gasteiger partial charge in [-0.05, 0) is 68.4 Å². The Morgan fingerprint density at radius 3 is 2.60 bits per heavy atom. The molecule has 3 heterocycles. The van der Waals surface area contributed by atoms with Crippen molar-refractivity contribution in [2.45, 2.75) is 32.4 Å². The number of hydrogen-bond acceptors (Lipinski definition) is 4. The lowest BCUT2D eigenvalue weighted by Crippen LogP contribution is -2.31. The van der Waals surface area contributed by atoms with Crippen LogP contribution in [0.4, 0.5) is 0 Å². The average Bonchev–Trinajstić information content (AvgIpc) is 3.23. The number of nitrogens with one attached hydrogen (secondary N) is 1. The molecule has 6 nitrogen and oxygen atoms in total. The van der Waals surface area contributed by atoms with Crippen LogP contribution in [0.2, 0.25) is 0 Å². The van der Waals surface area contributed by atoms with Crippen molar-refractivity contribution in [1.82, 2.24) is 19.8 Å². The van der Waals surface area contributed by atoms with Crippen molar-refractivity contribution in [3.63, 3.8) is 0 Å². The van der Waals surface area contributed by atoms with Crippen LogP contribution in [-0.2, 0) is 0 Å². The van der Waals surface area contributed by atoms with Crippen LogP contribution in [0.1, 0.15) is 41.1 Å². The van der Waals surface area contributed by atoms with Gasteiger partial charge in [-0.15, -0.1) is 0 Å². The van der Waals surface area contributed by atoms with Crippen LogP contribution in [0.15, 0.2) is 54.7 Å². The summed E-state index contributed by atoms with van der Waals surface area (Å²) in [4.78, 5) is 6.71. The van der Waals surface area contributed by atoms with Crippen molar-refractivity contribution < 1.29 is 10.2 Å². The summed E-state index contributed by atoms with van der Waals surface area (Å²) in [5.74, 6) is 0.240. The zero-order chi connectivity index (χ0) is 21.3. The number of rotatable bonds is 6. The number of aliphatic hydroxyl groups excluding tert-OH is 1. The van der Waals surface area contributed by atoms with E-state index in [2.05, 4.69) is 32.8 Å². The second kappa shape index (κ2) is 8.45. The topological polar surface area (TPSA) is 73.5 Å². The van der Waals surface area contributed by atoms with Crippen LogP contribution in [0.25, 0.3) is 5.69 Å². The molecular weight excluding hydrogens is 396 g/mol. The van der Waals surface area contributed by atoms with E-state index in [0.29, 0.717) is 18.1 Å². The summed E-state index contributed by atoms with van der Waals surface area (Å²) in [5, 5.41) is 23.9. The maximum absolute atomic E-state index is 10.4. The molecule has 0 bridgehead atoms. The Morgan fingerprint density at radius 2 is 1.90 bits per heavy atom. The van der Waals surface area contributed by atoms with Gasteiger partial charge in [-0.1, -0.05) is 18.2 Å². The van der Waals surface area contributed by atoms with E-state index >= 15 is 0 Å². The van der Waals surface area contributed by atoms with Crippen LogP contribution in [0.5, 0.6) is 5.75 Å². The number of pyridine rings is 1. The fourth-order valence-corrected chi connectivity index (χ4v) is 4.67. The van der Waals surface area contributed by atoms with E-state index in [1.165, 1.54) is 0 Å². The number of aliphatic hydroxyl groups is 1. The molecule has 1 aromatic carbocycles. The highest BCUT2D eigenvalue weighted by atomic mass is 32.1. The molecule has 0 aliphatic carbocycles. The molecule has 0 spiro atoms. The fourth-order valence-electron chi connectivity index (χ4n) is 4.34. The third-order valence-corrected chi connectivity index (χ3v) is 6.02. The number of aryl methyl sites for hydroxylation is 1. The molecule has 0 radical (unpaired) electrons. The van der Waals surface area contributed by atoms with E-state index in [-0.39, 0.29) is 24.4 Å². The van der Waals surface area contributed by atoms with Crippen LogP contribution in [0, 0.1) is 13.8 Å². The van der Waals surface area contributed by atoms with Gasteiger partial charge in [0.25, 0.3) is 0 Å². The van der Waals surface area contributed by atoms with Crippen molar-refractivity contribution in [2.75, 3.05) is 13.2 Å². The first kappa shape index (κ1) is 20.4. The maximum Gasteiger partial charge on any atom is 0.170 e. The number of aromatic hydroxyl groups is 1. The number of thiocarbonyl (C=S) groups is 1. The minimum Gasteiger partial charge on any atom is -0.506 e. The summed E-state index contributed by atoms with van der Waals surface area (Å²) in [6, 6.07) is 15.2. The maximum atomic E-state index is 10.4. The van der Waals surface area contributed by atoms with Gasteiger partial charge < -0.3 is 25.0 Å². The Bertz CT molecular complexity index is 1050. The van der Waals surface area contributed by atoms with E-state index in [1.54, 1.807) is 12.3 Å². The first-order valence-corrected chi connectivity index (χ1v) is 10.5. The molecule has 2 unspecified atom stereocenters. The molecule has 156 valence electrons. The van der Waals surface area contributed by atoms with Gasteiger partial charge in [0.2, 0.25) is 0 Å². The summed E-state index contributed by atoms with van der Waals surface area (Å²) in [5.41, 5.74) is 4.87. The normalized spacial score (nSPS) is 18.6. The fraction of sp³-hybridized carbons (Fsp3) is 0.304.